The highest BCUT2D eigenvalue weighted by molar-refractivity contribution is 5.76. The first kappa shape index (κ1) is 13.5. The predicted octanol–water partition coefficient (Wildman–Crippen LogP) is 3.07. The molecule has 0 bridgehead atoms. The van der Waals surface area contributed by atoms with Crippen molar-refractivity contribution in [3.05, 3.63) is 47.8 Å². The number of aromatic nitrogens is 2. The van der Waals surface area contributed by atoms with Crippen LogP contribution in [-0.4, -0.2) is 21.7 Å². The summed E-state index contributed by atoms with van der Waals surface area (Å²) in [6.07, 6.45) is 3.01. The van der Waals surface area contributed by atoms with E-state index >= 15 is 0 Å². The molecule has 5 heteroatoms. The molecule has 2 heterocycles. The number of carbonyl (C=O) groups excluding carboxylic acids is 1. The average molecular weight is 283 g/mol. The summed E-state index contributed by atoms with van der Waals surface area (Å²) in [4.78, 5) is 20.8. The number of nitrogens with zero attached hydrogens (tertiary/aromatic N) is 2. The SMILES string of the molecule is CC(C)(C)OC(=O)NC1c2cccnc2-c2ncccc21. The Morgan fingerprint density at radius 2 is 1.62 bits per heavy atom. The maximum absolute atomic E-state index is 12.1. The van der Waals surface area contributed by atoms with E-state index < -0.39 is 11.7 Å². The molecule has 1 amide bonds. The number of rotatable bonds is 1. The maximum Gasteiger partial charge on any atom is 0.408 e. The molecule has 0 radical (unpaired) electrons. The van der Waals surface area contributed by atoms with E-state index in [0.717, 1.165) is 22.5 Å². The molecule has 21 heavy (non-hydrogen) atoms. The average Bonchev–Trinajstić information content (AvgIpc) is 2.72. The van der Waals surface area contributed by atoms with Crippen LogP contribution in [0.15, 0.2) is 36.7 Å². The van der Waals surface area contributed by atoms with E-state index in [1.807, 2.05) is 45.0 Å². The summed E-state index contributed by atoms with van der Waals surface area (Å²) < 4.78 is 5.34. The van der Waals surface area contributed by atoms with Crippen molar-refractivity contribution in [2.75, 3.05) is 0 Å². The van der Waals surface area contributed by atoms with Crippen LogP contribution >= 0.6 is 0 Å². The second-order valence-corrected chi connectivity index (χ2v) is 5.96. The van der Waals surface area contributed by atoms with Crippen LogP contribution in [0.2, 0.25) is 0 Å². The standard InChI is InChI=1S/C16H17N3O2/c1-16(2,3)21-15(20)19-12-10-6-4-8-17-13(10)14-11(12)7-5-9-18-14/h4-9,12H,1-3H3,(H,19,20). The molecule has 0 saturated heterocycles. The molecule has 5 nitrogen and oxygen atoms in total. The van der Waals surface area contributed by atoms with Crippen LogP contribution in [0.25, 0.3) is 11.4 Å². The van der Waals surface area contributed by atoms with Crippen molar-refractivity contribution in [1.82, 2.24) is 15.3 Å². The van der Waals surface area contributed by atoms with Crippen molar-refractivity contribution in [3.8, 4) is 11.4 Å². The monoisotopic (exact) mass is 283 g/mol. The zero-order valence-electron chi connectivity index (χ0n) is 12.3. The topological polar surface area (TPSA) is 64.1 Å². The van der Waals surface area contributed by atoms with Gasteiger partial charge in [0.15, 0.2) is 0 Å². The molecule has 108 valence electrons. The fourth-order valence-electron chi connectivity index (χ4n) is 2.45. The highest BCUT2D eigenvalue weighted by atomic mass is 16.6. The van der Waals surface area contributed by atoms with Gasteiger partial charge in [0.05, 0.1) is 17.4 Å². The van der Waals surface area contributed by atoms with E-state index in [4.69, 9.17) is 4.74 Å². The van der Waals surface area contributed by atoms with E-state index in [2.05, 4.69) is 15.3 Å². The summed E-state index contributed by atoms with van der Waals surface area (Å²) in [6.45, 7) is 5.52. The van der Waals surface area contributed by atoms with E-state index in [1.165, 1.54) is 0 Å². The maximum atomic E-state index is 12.1. The highest BCUT2D eigenvalue weighted by Crippen LogP contribution is 2.40. The molecule has 3 rings (SSSR count). The van der Waals surface area contributed by atoms with E-state index in [9.17, 15) is 4.79 Å². The van der Waals surface area contributed by atoms with Gasteiger partial charge in [-0.2, -0.15) is 0 Å². The van der Waals surface area contributed by atoms with E-state index in [1.54, 1.807) is 12.4 Å². The van der Waals surface area contributed by atoms with Gasteiger partial charge in [0.1, 0.15) is 5.60 Å². The molecule has 0 saturated carbocycles. The van der Waals surface area contributed by atoms with Gasteiger partial charge in [-0.1, -0.05) is 12.1 Å². The van der Waals surface area contributed by atoms with Crippen LogP contribution < -0.4 is 5.32 Å². The van der Waals surface area contributed by atoms with Gasteiger partial charge in [-0.05, 0) is 32.9 Å². The molecular weight excluding hydrogens is 266 g/mol. The first-order valence-corrected chi connectivity index (χ1v) is 6.85. The van der Waals surface area contributed by atoms with Gasteiger partial charge in [-0.15, -0.1) is 0 Å². The van der Waals surface area contributed by atoms with Crippen LogP contribution in [0.3, 0.4) is 0 Å². The Kier molecular flexibility index (Phi) is 3.12. The summed E-state index contributed by atoms with van der Waals surface area (Å²) in [6, 6.07) is 7.34. The van der Waals surface area contributed by atoms with Crippen LogP contribution in [0.1, 0.15) is 37.9 Å². The first-order valence-electron chi connectivity index (χ1n) is 6.85. The van der Waals surface area contributed by atoms with Crippen molar-refractivity contribution in [2.45, 2.75) is 32.4 Å². The largest absolute Gasteiger partial charge is 0.444 e. The molecule has 0 fully saturated rings. The predicted molar refractivity (Wildman–Crippen MR) is 78.7 cm³/mol. The number of ether oxygens (including phenoxy) is 1. The lowest BCUT2D eigenvalue weighted by atomic mass is 10.1. The lowest BCUT2D eigenvalue weighted by Gasteiger charge is -2.22. The number of pyridine rings is 2. The molecule has 0 aliphatic heterocycles. The molecule has 0 aromatic carbocycles. The summed E-state index contributed by atoms with van der Waals surface area (Å²) in [5, 5.41) is 2.91. The number of amides is 1. The van der Waals surface area contributed by atoms with Crippen molar-refractivity contribution in [3.63, 3.8) is 0 Å². The van der Waals surface area contributed by atoms with Gasteiger partial charge >= 0.3 is 6.09 Å². The lowest BCUT2D eigenvalue weighted by Crippen LogP contribution is -2.34. The van der Waals surface area contributed by atoms with Gasteiger partial charge in [-0.25, -0.2) is 4.79 Å². The Labute approximate surface area is 123 Å². The number of fused-ring (bicyclic) bond motifs is 3. The minimum atomic E-state index is -0.530. The number of hydrogen-bond acceptors (Lipinski definition) is 4. The Bertz CT molecular complexity index is 646. The van der Waals surface area contributed by atoms with Crippen LogP contribution in [0.5, 0.6) is 0 Å². The third kappa shape index (κ3) is 2.59. The van der Waals surface area contributed by atoms with Crippen LogP contribution in [0, 0.1) is 0 Å². The van der Waals surface area contributed by atoms with Crippen LogP contribution in [0.4, 0.5) is 4.79 Å². The fourth-order valence-corrected chi connectivity index (χ4v) is 2.45. The highest BCUT2D eigenvalue weighted by Gasteiger charge is 2.32. The molecule has 1 N–H and O–H groups in total. The van der Waals surface area contributed by atoms with Crippen molar-refractivity contribution in [1.29, 1.82) is 0 Å². The van der Waals surface area contributed by atoms with Gasteiger partial charge in [-0.3, -0.25) is 9.97 Å². The minimum absolute atomic E-state index is 0.271. The Hall–Kier alpha value is -2.43. The van der Waals surface area contributed by atoms with Crippen molar-refractivity contribution < 1.29 is 9.53 Å². The quantitative estimate of drug-likeness (QED) is 0.873. The Morgan fingerprint density at radius 3 is 2.10 bits per heavy atom. The first-order chi connectivity index (χ1) is 9.96. The number of carbonyl (C=O) groups is 1. The smallest absolute Gasteiger partial charge is 0.408 e. The normalized spacial score (nSPS) is 13.5. The zero-order valence-corrected chi connectivity index (χ0v) is 12.3. The van der Waals surface area contributed by atoms with E-state index in [0.29, 0.717) is 0 Å². The van der Waals surface area contributed by atoms with Crippen molar-refractivity contribution >= 4 is 6.09 Å². The fraction of sp³-hybridized carbons (Fsp3) is 0.312. The lowest BCUT2D eigenvalue weighted by molar-refractivity contribution is 0.0513. The second-order valence-electron chi connectivity index (χ2n) is 5.96. The zero-order chi connectivity index (χ0) is 15.0. The molecule has 1 aliphatic carbocycles. The van der Waals surface area contributed by atoms with Gasteiger partial charge < -0.3 is 10.1 Å². The van der Waals surface area contributed by atoms with Crippen LogP contribution in [-0.2, 0) is 4.74 Å². The summed E-state index contributed by atoms with van der Waals surface area (Å²) in [5.74, 6) is 0. The molecule has 0 atom stereocenters. The number of alkyl carbamates (subject to hydrolysis) is 1. The molecule has 1 aliphatic rings. The third-order valence-corrected chi connectivity index (χ3v) is 3.19. The molecule has 2 aromatic heterocycles. The Balaban J connectivity index is 1.94. The van der Waals surface area contributed by atoms with E-state index in [-0.39, 0.29) is 6.04 Å². The molecule has 2 aromatic rings. The van der Waals surface area contributed by atoms with Gasteiger partial charge in [0.2, 0.25) is 0 Å². The molecular formula is C16H17N3O2. The Morgan fingerprint density at radius 1 is 1.10 bits per heavy atom. The summed E-state index contributed by atoms with van der Waals surface area (Å²) >= 11 is 0. The third-order valence-electron chi connectivity index (χ3n) is 3.19. The summed E-state index contributed by atoms with van der Waals surface area (Å²) in [7, 11) is 0. The van der Waals surface area contributed by atoms with Crippen molar-refractivity contribution in [2.24, 2.45) is 0 Å². The molecule has 0 spiro atoms. The second kappa shape index (κ2) is 4.84. The molecule has 0 unspecified atom stereocenters. The van der Waals surface area contributed by atoms with Gasteiger partial charge in [0.25, 0.3) is 0 Å². The van der Waals surface area contributed by atoms with Gasteiger partial charge in [0, 0.05) is 23.5 Å². The number of nitrogens with one attached hydrogen (secondary N) is 1. The minimum Gasteiger partial charge on any atom is -0.444 e. The number of hydrogen-bond donors (Lipinski definition) is 1. The summed E-state index contributed by atoms with van der Waals surface area (Å²) in [5.41, 5.74) is 2.98.